The number of rotatable bonds is 4. The lowest BCUT2D eigenvalue weighted by atomic mass is 10.2. The van der Waals surface area contributed by atoms with Gasteiger partial charge in [0.2, 0.25) is 0 Å². The molecule has 3 aromatic rings. The summed E-state index contributed by atoms with van der Waals surface area (Å²) in [5.41, 5.74) is 7.58. The molecule has 0 aliphatic rings. The van der Waals surface area contributed by atoms with E-state index in [9.17, 15) is 0 Å². The fourth-order valence-corrected chi connectivity index (χ4v) is 2.62. The molecule has 2 aromatic heterocycles. The highest BCUT2D eigenvalue weighted by atomic mass is 32.2. The molecule has 0 aliphatic carbocycles. The van der Waals surface area contributed by atoms with Crippen LogP contribution in [0.25, 0.3) is 11.5 Å². The lowest BCUT2D eigenvalue weighted by Gasteiger charge is -2.01. The van der Waals surface area contributed by atoms with Crippen LogP contribution in [0.5, 0.6) is 0 Å². The molecule has 0 fully saturated rings. The van der Waals surface area contributed by atoms with Crippen LogP contribution >= 0.6 is 11.8 Å². The smallest absolute Gasteiger partial charge is 0.263 e. The van der Waals surface area contributed by atoms with Crippen molar-refractivity contribution in [1.82, 2.24) is 20.3 Å². The van der Waals surface area contributed by atoms with Crippen LogP contribution in [0.1, 0.15) is 11.4 Å². The Labute approximate surface area is 119 Å². The van der Waals surface area contributed by atoms with Crippen LogP contribution in [0.15, 0.2) is 39.9 Å². The minimum Gasteiger partial charge on any atom is -0.383 e. The van der Waals surface area contributed by atoms with Crippen molar-refractivity contribution in [3.05, 3.63) is 41.9 Å². The highest BCUT2D eigenvalue weighted by Crippen LogP contribution is 2.26. The molecule has 0 amide bonds. The molecule has 0 aliphatic heterocycles. The van der Waals surface area contributed by atoms with Crippen molar-refractivity contribution in [1.29, 1.82) is 0 Å². The van der Waals surface area contributed by atoms with Gasteiger partial charge in [-0.3, -0.25) is 5.10 Å². The number of H-pyrrole nitrogens is 1. The third-order valence-corrected chi connectivity index (χ3v) is 3.99. The summed E-state index contributed by atoms with van der Waals surface area (Å²) >= 11 is 1.68. The first kappa shape index (κ1) is 12.7. The van der Waals surface area contributed by atoms with Crippen molar-refractivity contribution < 1.29 is 4.52 Å². The Hall–Kier alpha value is -2.28. The molecule has 0 spiro atoms. The number of anilines is 1. The average Bonchev–Trinajstić information content (AvgIpc) is 3.06. The number of hydrogen-bond acceptors (Lipinski definition) is 6. The monoisotopic (exact) mass is 287 g/mol. The third kappa shape index (κ3) is 2.53. The number of aromatic nitrogens is 4. The number of benzene rings is 1. The van der Waals surface area contributed by atoms with Crippen LogP contribution in [0.3, 0.4) is 0 Å². The van der Waals surface area contributed by atoms with Gasteiger partial charge in [0.15, 0.2) is 5.82 Å². The highest BCUT2D eigenvalue weighted by molar-refractivity contribution is 7.98. The zero-order valence-electron chi connectivity index (χ0n) is 10.8. The first-order valence-corrected chi connectivity index (χ1v) is 7.03. The predicted octanol–water partition coefficient (Wildman–Crippen LogP) is 2.64. The van der Waals surface area contributed by atoms with Gasteiger partial charge in [-0.1, -0.05) is 23.4 Å². The summed E-state index contributed by atoms with van der Waals surface area (Å²) in [5, 5.41) is 10.4. The summed E-state index contributed by atoms with van der Waals surface area (Å²) in [6, 6.07) is 8.20. The van der Waals surface area contributed by atoms with Gasteiger partial charge in [0.05, 0.1) is 11.9 Å². The van der Waals surface area contributed by atoms with Crippen molar-refractivity contribution in [2.24, 2.45) is 0 Å². The third-order valence-electron chi connectivity index (χ3n) is 2.82. The van der Waals surface area contributed by atoms with Gasteiger partial charge in [-0.05, 0) is 18.6 Å². The Balaban J connectivity index is 1.72. The number of nitrogens with two attached hydrogens (primary N) is 1. The Kier molecular flexibility index (Phi) is 3.42. The van der Waals surface area contributed by atoms with Crippen LogP contribution in [0.4, 0.5) is 5.82 Å². The Morgan fingerprint density at radius 2 is 2.20 bits per heavy atom. The van der Waals surface area contributed by atoms with Crippen molar-refractivity contribution in [2.75, 3.05) is 5.73 Å². The zero-order chi connectivity index (χ0) is 13.9. The molecule has 0 saturated heterocycles. The molecule has 7 heteroatoms. The van der Waals surface area contributed by atoms with Gasteiger partial charge in [0, 0.05) is 4.90 Å². The molecule has 6 nitrogen and oxygen atoms in total. The quantitative estimate of drug-likeness (QED) is 0.716. The van der Waals surface area contributed by atoms with Gasteiger partial charge in [0.1, 0.15) is 11.4 Å². The van der Waals surface area contributed by atoms with Gasteiger partial charge in [-0.25, -0.2) is 0 Å². The number of aryl methyl sites for hydroxylation is 1. The number of nitrogens with zero attached hydrogens (tertiary/aromatic N) is 3. The molecule has 0 saturated carbocycles. The topological polar surface area (TPSA) is 93.6 Å². The van der Waals surface area contributed by atoms with Gasteiger partial charge in [0.25, 0.3) is 5.89 Å². The molecule has 102 valence electrons. The largest absolute Gasteiger partial charge is 0.383 e. The normalized spacial score (nSPS) is 10.8. The van der Waals surface area contributed by atoms with E-state index in [1.165, 1.54) is 10.5 Å². The van der Waals surface area contributed by atoms with Crippen molar-refractivity contribution >= 4 is 17.6 Å². The molecule has 0 bridgehead atoms. The molecular weight excluding hydrogens is 274 g/mol. The Bertz CT molecular complexity index is 721. The van der Waals surface area contributed by atoms with Crippen LogP contribution in [0.2, 0.25) is 0 Å². The van der Waals surface area contributed by atoms with E-state index in [0.717, 1.165) is 0 Å². The number of aromatic amines is 1. The lowest BCUT2D eigenvalue weighted by Crippen LogP contribution is -1.88. The SMILES string of the molecule is Cc1ccccc1SCc1noc(-c2cn[nH]c2N)n1. The summed E-state index contributed by atoms with van der Waals surface area (Å²) in [6.07, 6.45) is 1.57. The van der Waals surface area contributed by atoms with Crippen molar-refractivity contribution in [3.8, 4) is 11.5 Å². The fraction of sp³-hybridized carbons (Fsp3) is 0.154. The summed E-state index contributed by atoms with van der Waals surface area (Å²) in [4.78, 5) is 5.53. The van der Waals surface area contributed by atoms with E-state index in [1.54, 1.807) is 18.0 Å². The van der Waals surface area contributed by atoms with Gasteiger partial charge in [-0.2, -0.15) is 10.1 Å². The molecule has 2 heterocycles. The first-order valence-electron chi connectivity index (χ1n) is 6.04. The maximum atomic E-state index is 5.72. The molecule has 3 rings (SSSR count). The predicted molar refractivity (Wildman–Crippen MR) is 77.0 cm³/mol. The molecule has 3 N–H and O–H groups in total. The summed E-state index contributed by atoms with van der Waals surface area (Å²) in [7, 11) is 0. The maximum absolute atomic E-state index is 5.72. The van der Waals surface area contributed by atoms with Crippen molar-refractivity contribution in [2.45, 2.75) is 17.6 Å². The Morgan fingerprint density at radius 1 is 1.35 bits per heavy atom. The summed E-state index contributed by atoms with van der Waals surface area (Å²) in [5.74, 6) is 2.09. The van der Waals surface area contributed by atoms with Gasteiger partial charge < -0.3 is 10.3 Å². The van der Waals surface area contributed by atoms with Crippen LogP contribution in [0, 0.1) is 6.92 Å². The number of nitrogens with one attached hydrogen (secondary N) is 1. The van der Waals surface area contributed by atoms with Crippen LogP contribution < -0.4 is 5.73 Å². The Morgan fingerprint density at radius 3 is 2.95 bits per heavy atom. The van der Waals surface area contributed by atoms with E-state index in [2.05, 4.69) is 39.4 Å². The molecule has 0 unspecified atom stereocenters. The molecule has 0 radical (unpaired) electrons. The first-order chi connectivity index (χ1) is 9.74. The molecule has 1 aromatic carbocycles. The van der Waals surface area contributed by atoms with Crippen molar-refractivity contribution in [3.63, 3.8) is 0 Å². The van der Waals surface area contributed by atoms with E-state index in [0.29, 0.717) is 28.8 Å². The maximum Gasteiger partial charge on any atom is 0.263 e. The van der Waals surface area contributed by atoms with Crippen LogP contribution in [-0.4, -0.2) is 20.3 Å². The number of hydrogen-bond donors (Lipinski definition) is 2. The number of thioether (sulfide) groups is 1. The number of nitrogen functional groups attached to an aromatic ring is 1. The minimum atomic E-state index is 0.386. The van der Waals surface area contributed by atoms with E-state index < -0.39 is 0 Å². The zero-order valence-corrected chi connectivity index (χ0v) is 11.6. The molecular formula is C13H13N5OS. The summed E-state index contributed by atoms with van der Waals surface area (Å²) < 4.78 is 5.19. The van der Waals surface area contributed by atoms with E-state index in [4.69, 9.17) is 10.3 Å². The van der Waals surface area contributed by atoms with Crippen LogP contribution in [-0.2, 0) is 5.75 Å². The average molecular weight is 287 g/mol. The highest BCUT2D eigenvalue weighted by Gasteiger charge is 2.13. The molecule has 20 heavy (non-hydrogen) atoms. The fourth-order valence-electron chi connectivity index (χ4n) is 1.75. The molecule has 0 atom stereocenters. The van der Waals surface area contributed by atoms with E-state index in [-0.39, 0.29) is 0 Å². The second-order valence-electron chi connectivity index (χ2n) is 4.27. The standard InChI is InChI=1S/C13H13N5OS/c1-8-4-2-3-5-10(8)20-7-11-16-13(19-18-11)9-6-15-17-12(9)14/h2-6H,7H2,1H3,(H3,14,15,17). The second kappa shape index (κ2) is 5.38. The van der Waals surface area contributed by atoms with Gasteiger partial charge >= 0.3 is 0 Å². The van der Waals surface area contributed by atoms with E-state index >= 15 is 0 Å². The van der Waals surface area contributed by atoms with Gasteiger partial charge in [-0.15, -0.1) is 11.8 Å². The van der Waals surface area contributed by atoms with E-state index in [1.807, 2.05) is 12.1 Å². The summed E-state index contributed by atoms with van der Waals surface area (Å²) in [6.45, 7) is 2.08. The lowest BCUT2D eigenvalue weighted by molar-refractivity contribution is 0.425. The second-order valence-corrected chi connectivity index (χ2v) is 5.28. The minimum absolute atomic E-state index is 0.386.